The van der Waals surface area contributed by atoms with Crippen LogP contribution in [-0.4, -0.2) is 20.8 Å². The second-order valence-corrected chi connectivity index (χ2v) is 4.87. The largest absolute Gasteiger partial charge is 0.508 e. The molecule has 0 saturated heterocycles. The lowest BCUT2D eigenvalue weighted by atomic mass is 10.1. The third-order valence-electron chi connectivity index (χ3n) is 3.14. The highest BCUT2D eigenvalue weighted by atomic mass is 16.3. The molecule has 1 aromatic carbocycles. The number of phenols is 1. The molecule has 2 aromatic rings. The molecule has 1 heterocycles. The highest BCUT2D eigenvalue weighted by molar-refractivity contribution is 5.78. The minimum Gasteiger partial charge on any atom is -0.508 e. The van der Waals surface area contributed by atoms with Crippen LogP contribution in [0.2, 0.25) is 0 Å². The molecule has 0 aliphatic heterocycles. The van der Waals surface area contributed by atoms with Gasteiger partial charge < -0.3 is 10.8 Å². The smallest absolute Gasteiger partial charge is 0.329 e. The molecule has 0 aliphatic carbocycles. The molecule has 2 rings (SSSR count). The van der Waals surface area contributed by atoms with E-state index in [4.69, 9.17) is 5.73 Å². The number of benzene rings is 1. The summed E-state index contributed by atoms with van der Waals surface area (Å²) in [4.78, 5) is 12.2. The summed E-state index contributed by atoms with van der Waals surface area (Å²) in [5, 5.41) is 9.47. The summed E-state index contributed by atoms with van der Waals surface area (Å²) in [5.41, 5.74) is 6.63. The van der Waals surface area contributed by atoms with Crippen LogP contribution in [-0.2, 0) is 12.6 Å². The fourth-order valence-electron chi connectivity index (χ4n) is 2.00. The van der Waals surface area contributed by atoms with Crippen LogP contribution in [0, 0.1) is 0 Å². The maximum atomic E-state index is 12.2. The molecule has 0 fully saturated rings. The zero-order chi connectivity index (χ0) is 12.8. The van der Waals surface area contributed by atoms with Gasteiger partial charge in [-0.25, -0.2) is 4.79 Å². The lowest BCUT2D eigenvalue weighted by Gasteiger charge is -2.24. The van der Waals surface area contributed by atoms with Crippen molar-refractivity contribution in [2.75, 3.05) is 6.54 Å². The first kappa shape index (κ1) is 11.7. The van der Waals surface area contributed by atoms with E-state index in [0.717, 1.165) is 5.52 Å². The number of hydrogen-bond acceptors (Lipinski definition) is 3. The Morgan fingerprint density at radius 2 is 2.00 bits per heavy atom. The van der Waals surface area contributed by atoms with Crippen LogP contribution in [0.5, 0.6) is 5.75 Å². The van der Waals surface area contributed by atoms with Crippen molar-refractivity contribution in [3.05, 3.63) is 28.7 Å². The van der Waals surface area contributed by atoms with E-state index in [9.17, 15) is 9.90 Å². The minimum absolute atomic E-state index is 0.124. The zero-order valence-corrected chi connectivity index (χ0v) is 10.3. The fourth-order valence-corrected chi connectivity index (χ4v) is 2.00. The van der Waals surface area contributed by atoms with Gasteiger partial charge in [0.05, 0.1) is 16.6 Å². The topological polar surface area (TPSA) is 73.2 Å². The molecule has 5 nitrogen and oxygen atoms in total. The fraction of sp³-hybridized carbons (Fsp3) is 0.417. The van der Waals surface area contributed by atoms with E-state index in [1.54, 1.807) is 29.8 Å². The van der Waals surface area contributed by atoms with Crippen LogP contribution in [0.15, 0.2) is 23.0 Å². The Balaban J connectivity index is 2.90. The molecule has 0 aliphatic rings. The third-order valence-corrected chi connectivity index (χ3v) is 3.14. The van der Waals surface area contributed by atoms with Gasteiger partial charge in [0.1, 0.15) is 5.75 Å². The van der Waals surface area contributed by atoms with Crippen LogP contribution >= 0.6 is 0 Å². The van der Waals surface area contributed by atoms with E-state index in [1.165, 1.54) is 4.57 Å². The van der Waals surface area contributed by atoms with Gasteiger partial charge in [-0.15, -0.1) is 0 Å². The molecule has 0 amide bonds. The van der Waals surface area contributed by atoms with Gasteiger partial charge in [-0.2, -0.15) is 0 Å². The van der Waals surface area contributed by atoms with Gasteiger partial charge in [0.15, 0.2) is 0 Å². The van der Waals surface area contributed by atoms with E-state index in [1.807, 2.05) is 13.8 Å². The summed E-state index contributed by atoms with van der Waals surface area (Å²) in [5.74, 6) is 0.149. The maximum absolute atomic E-state index is 12.2. The van der Waals surface area contributed by atoms with Crippen molar-refractivity contribution < 1.29 is 5.11 Å². The van der Waals surface area contributed by atoms with Crippen LogP contribution in [0.1, 0.15) is 13.8 Å². The molecule has 5 heteroatoms. The van der Waals surface area contributed by atoms with Crippen molar-refractivity contribution in [3.63, 3.8) is 0 Å². The van der Waals surface area contributed by atoms with Gasteiger partial charge in [-0.1, -0.05) is 0 Å². The number of aromatic hydroxyl groups is 1. The molecule has 0 spiro atoms. The van der Waals surface area contributed by atoms with E-state index in [0.29, 0.717) is 12.1 Å². The second-order valence-electron chi connectivity index (χ2n) is 4.87. The summed E-state index contributed by atoms with van der Waals surface area (Å²) < 4.78 is 3.19. The molecule has 0 radical (unpaired) electrons. The number of rotatable bonds is 2. The molecular formula is C12H17N3O2. The summed E-state index contributed by atoms with van der Waals surface area (Å²) in [6.45, 7) is 4.20. The van der Waals surface area contributed by atoms with Gasteiger partial charge >= 0.3 is 5.69 Å². The number of fused-ring (bicyclic) bond motifs is 1. The van der Waals surface area contributed by atoms with Crippen molar-refractivity contribution in [3.8, 4) is 5.75 Å². The monoisotopic (exact) mass is 235 g/mol. The van der Waals surface area contributed by atoms with Gasteiger partial charge in [0.25, 0.3) is 0 Å². The number of aromatic nitrogens is 2. The number of hydrogen-bond donors (Lipinski definition) is 2. The highest BCUT2D eigenvalue weighted by Crippen LogP contribution is 2.23. The van der Waals surface area contributed by atoms with Gasteiger partial charge in [-0.05, 0) is 26.0 Å². The van der Waals surface area contributed by atoms with Crippen molar-refractivity contribution in [2.45, 2.75) is 19.4 Å². The molecule has 3 N–H and O–H groups in total. The molecule has 0 saturated carbocycles. The standard InChI is InChI=1S/C12H17N3O2/c1-12(2,7-13)15-9-5-4-8(16)6-10(9)14(3)11(15)17/h4-6,16H,7,13H2,1-3H3. The number of imidazole rings is 1. The Labute approximate surface area is 99.1 Å². The van der Waals surface area contributed by atoms with E-state index >= 15 is 0 Å². The van der Waals surface area contributed by atoms with Crippen molar-refractivity contribution in [1.82, 2.24) is 9.13 Å². The Morgan fingerprint density at radius 3 is 2.59 bits per heavy atom. The highest BCUT2D eigenvalue weighted by Gasteiger charge is 2.24. The van der Waals surface area contributed by atoms with Crippen LogP contribution in [0.25, 0.3) is 11.0 Å². The first-order valence-electron chi connectivity index (χ1n) is 5.49. The lowest BCUT2D eigenvalue weighted by Crippen LogP contribution is -2.41. The third kappa shape index (κ3) is 1.63. The molecule has 1 aromatic heterocycles. The Hall–Kier alpha value is -1.75. The van der Waals surface area contributed by atoms with E-state index in [2.05, 4.69) is 0 Å². The molecule has 0 unspecified atom stereocenters. The Kier molecular flexibility index (Phi) is 2.50. The first-order valence-corrected chi connectivity index (χ1v) is 5.49. The number of nitrogens with two attached hydrogens (primary N) is 1. The average Bonchev–Trinajstić information content (AvgIpc) is 2.53. The molecule has 0 atom stereocenters. The van der Waals surface area contributed by atoms with Crippen molar-refractivity contribution >= 4 is 11.0 Å². The zero-order valence-electron chi connectivity index (χ0n) is 10.3. The molecule has 92 valence electrons. The number of phenolic OH excluding ortho intramolecular Hbond substituents is 1. The summed E-state index contributed by atoms with van der Waals surface area (Å²) in [6.07, 6.45) is 0. The number of aryl methyl sites for hydroxylation is 1. The van der Waals surface area contributed by atoms with Crippen LogP contribution in [0.4, 0.5) is 0 Å². The minimum atomic E-state index is -0.451. The normalized spacial score (nSPS) is 12.2. The van der Waals surface area contributed by atoms with Crippen LogP contribution < -0.4 is 11.4 Å². The molecule has 0 bridgehead atoms. The van der Waals surface area contributed by atoms with Crippen LogP contribution in [0.3, 0.4) is 0 Å². The predicted molar refractivity (Wildman–Crippen MR) is 67.2 cm³/mol. The van der Waals surface area contributed by atoms with E-state index in [-0.39, 0.29) is 11.4 Å². The summed E-state index contributed by atoms with van der Waals surface area (Å²) >= 11 is 0. The van der Waals surface area contributed by atoms with Gasteiger partial charge in [0.2, 0.25) is 0 Å². The first-order chi connectivity index (χ1) is 7.88. The predicted octanol–water partition coefficient (Wildman–Crippen LogP) is 0.739. The molecular weight excluding hydrogens is 218 g/mol. The SMILES string of the molecule is Cn1c(=O)n(C(C)(C)CN)c2ccc(O)cc21. The second kappa shape index (κ2) is 3.63. The Morgan fingerprint density at radius 1 is 1.35 bits per heavy atom. The summed E-state index contributed by atoms with van der Waals surface area (Å²) in [7, 11) is 1.69. The maximum Gasteiger partial charge on any atom is 0.329 e. The average molecular weight is 235 g/mol. The van der Waals surface area contributed by atoms with Gasteiger partial charge in [-0.3, -0.25) is 9.13 Å². The summed E-state index contributed by atoms with van der Waals surface area (Å²) in [6, 6.07) is 4.90. The lowest BCUT2D eigenvalue weighted by molar-refractivity contribution is 0.363. The Bertz CT molecular complexity index is 622. The number of nitrogens with zero attached hydrogens (tertiary/aromatic N) is 2. The van der Waals surface area contributed by atoms with E-state index < -0.39 is 5.54 Å². The molecule has 17 heavy (non-hydrogen) atoms. The van der Waals surface area contributed by atoms with Crippen molar-refractivity contribution in [1.29, 1.82) is 0 Å². The van der Waals surface area contributed by atoms with Gasteiger partial charge in [0, 0.05) is 19.7 Å². The van der Waals surface area contributed by atoms with Crippen molar-refractivity contribution in [2.24, 2.45) is 12.8 Å². The quantitative estimate of drug-likeness (QED) is 0.806.